The smallest absolute Gasteiger partial charge is 0.241 e. The molecule has 8 heteroatoms. The summed E-state index contributed by atoms with van der Waals surface area (Å²) in [6.07, 6.45) is 1.53. The molecule has 27 heavy (non-hydrogen) atoms. The van der Waals surface area contributed by atoms with E-state index in [2.05, 4.69) is 15.5 Å². The van der Waals surface area contributed by atoms with E-state index in [9.17, 15) is 13.2 Å². The van der Waals surface area contributed by atoms with Crippen LogP contribution in [0.5, 0.6) is 0 Å². The van der Waals surface area contributed by atoms with Crippen LogP contribution in [0.15, 0.2) is 59.5 Å². The van der Waals surface area contributed by atoms with E-state index in [0.29, 0.717) is 11.6 Å². The maximum atomic E-state index is 12.3. The van der Waals surface area contributed by atoms with E-state index in [0.717, 1.165) is 17.0 Å². The van der Waals surface area contributed by atoms with Gasteiger partial charge in [-0.2, -0.15) is 0 Å². The number of benzene rings is 2. The number of carbonyl (C=O) groups excluding carboxylic acids is 1. The molecule has 0 aliphatic carbocycles. The van der Waals surface area contributed by atoms with E-state index in [-0.39, 0.29) is 4.90 Å². The molecule has 0 radical (unpaired) electrons. The summed E-state index contributed by atoms with van der Waals surface area (Å²) in [4.78, 5) is 12.2. The van der Waals surface area contributed by atoms with Crippen LogP contribution in [0.2, 0.25) is 0 Å². The number of nitrogens with zero attached hydrogens (tertiary/aromatic N) is 2. The number of hydrogen-bond acceptors (Lipinski definition) is 6. The van der Waals surface area contributed by atoms with Crippen LogP contribution in [0.3, 0.4) is 0 Å². The minimum absolute atomic E-state index is 0.129. The van der Waals surface area contributed by atoms with E-state index in [1.165, 1.54) is 29.0 Å². The Morgan fingerprint density at radius 2 is 1.70 bits per heavy atom. The third-order valence-electron chi connectivity index (χ3n) is 3.88. The average molecular weight is 402 g/mol. The summed E-state index contributed by atoms with van der Waals surface area (Å²) < 4.78 is 24.6. The monoisotopic (exact) mass is 401 g/mol. The highest BCUT2D eigenvalue weighted by molar-refractivity contribution is 7.92. The Morgan fingerprint density at radius 3 is 2.41 bits per heavy atom. The summed E-state index contributed by atoms with van der Waals surface area (Å²) in [5, 5.41) is 11.6. The number of rotatable bonds is 7. The summed E-state index contributed by atoms with van der Waals surface area (Å²) in [6.45, 7) is 1.87. The lowest BCUT2D eigenvalue weighted by atomic mass is 10.1. The van der Waals surface area contributed by atoms with Crippen LogP contribution in [0.4, 0.5) is 5.13 Å². The molecule has 3 aromatic rings. The van der Waals surface area contributed by atoms with Gasteiger partial charge in [0.1, 0.15) is 10.8 Å². The topological polar surface area (TPSA) is 89.0 Å². The predicted molar refractivity (Wildman–Crippen MR) is 106 cm³/mol. The summed E-state index contributed by atoms with van der Waals surface area (Å²) in [7, 11) is -3.69. The van der Waals surface area contributed by atoms with Crippen molar-refractivity contribution in [1.82, 2.24) is 10.2 Å². The van der Waals surface area contributed by atoms with Gasteiger partial charge in [-0.1, -0.05) is 59.4 Å². The van der Waals surface area contributed by atoms with Crippen LogP contribution in [0.1, 0.15) is 16.1 Å². The van der Waals surface area contributed by atoms with E-state index in [1.54, 1.807) is 12.1 Å². The number of sulfone groups is 1. The molecule has 0 aliphatic heterocycles. The molecule has 0 unspecified atom stereocenters. The number of hydrogen-bond donors (Lipinski definition) is 1. The SMILES string of the molecule is Cc1ccc(S(=O)(=O)CC(=O)Nc2nnc(CCc3ccccc3)s2)cc1. The standard InChI is InChI=1S/C19H19N3O3S2/c1-14-7-10-16(11-8-14)27(24,25)13-17(23)20-19-22-21-18(26-19)12-9-15-5-3-2-4-6-15/h2-8,10-11H,9,12-13H2,1H3,(H,20,22,23). The predicted octanol–water partition coefficient (Wildman–Crippen LogP) is 3.04. The van der Waals surface area contributed by atoms with Gasteiger partial charge in [0.15, 0.2) is 9.84 Å². The van der Waals surface area contributed by atoms with E-state index in [1.807, 2.05) is 37.3 Å². The second-order valence-electron chi connectivity index (χ2n) is 6.11. The van der Waals surface area contributed by atoms with Crippen molar-refractivity contribution in [2.24, 2.45) is 0 Å². The zero-order valence-electron chi connectivity index (χ0n) is 14.8. The fourth-order valence-corrected chi connectivity index (χ4v) is 4.35. The number of aryl methyl sites for hydroxylation is 3. The van der Waals surface area contributed by atoms with Crippen LogP contribution >= 0.6 is 11.3 Å². The van der Waals surface area contributed by atoms with Crippen molar-refractivity contribution in [3.63, 3.8) is 0 Å². The second kappa shape index (κ2) is 8.41. The molecular formula is C19H19N3O3S2. The quantitative estimate of drug-likeness (QED) is 0.657. The maximum Gasteiger partial charge on any atom is 0.241 e. The van der Waals surface area contributed by atoms with Crippen molar-refractivity contribution < 1.29 is 13.2 Å². The normalized spacial score (nSPS) is 11.3. The van der Waals surface area contributed by atoms with Gasteiger partial charge in [-0.25, -0.2) is 8.42 Å². The van der Waals surface area contributed by atoms with Gasteiger partial charge in [0, 0.05) is 6.42 Å². The molecule has 140 valence electrons. The molecule has 3 rings (SSSR count). The van der Waals surface area contributed by atoms with Gasteiger partial charge < -0.3 is 0 Å². The summed E-state index contributed by atoms with van der Waals surface area (Å²) in [6, 6.07) is 16.4. The van der Waals surface area contributed by atoms with Crippen LogP contribution in [0, 0.1) is 6.92 Å². The fourth-order valence-electron chi connectivity index (χ4n) is 2.46. The number of anilines is 1. The molecule has 1 heterocycles. The third kappa shape index (κ3) is 5.45. The first kappa shape index (κ1) is 19.2. The Labute approximate surface area is 162 Å². The van der Waals surface area contributed by atoms with Crippen molar-refractivity contribution in [3.05, 3.63) is 70.7 Å². The van der Waals surface area contributed by atoms with Gasteiger partial charge >= 0.3 is 0 Å². The maximum absolute atomic E-state index is 12.3. The molecule has 0 saturated heterocycles. The van der Waals surface area contributed by atoms with Gasteiger partial charge in [-0.05, 0) is 31.0 Å². The molecule has 0 spiro atoms. The lowest BCUT2D eigenvalue weighted by Crippen LogP contribution is -2.23. The van der Waals surface area contributed by atoms with Gasteiger partial charge in [0.05, 0.1) is 4.90 Å². The van der Waals surface area contributed by atoms with E-state index < -0.39 is 21.5 Å². The molecule has 2 aromatic carbocycles. The minimum Gasteiger partial charge on any atom is -0.300 e. The highest BCUT2D eigenvalue weighted by Crippen LogP contribution is 2.18. The van der Waals surface area contributed by atoms with Gasteiger partial charge in [-0.15, -0.1) is 10.2 Å². The van der Waals surface area contributed by atoms with Crippen molar-refractivity contribution in [2.75, 3.05) is 11.1 Å². The minimum atomic E-state index is -3.69. The number of amides is 1. The lowest BCUT2D eigenvalue weighted by molar-refractivity contribution is -0.113. The Morgan fingerprint density at radius 1 is 1.00 bits per heavy atom. The first-order valence-electron chi connectivity index (χ1n) is 8.38. The van der Waals surface area contributed by atoms with Crippen molar-refractivity contribution in [3.8, 4) is 0 Å². The van der Waals surface area contributed by atoms with Crippen LogP contribution in [0.25, 0.3) is 0 Å². The fraction of sp³-hybridized carbons (Fsp3) is 0.211. The molecule has 0 saturated carbocycles. The summed E-state index contributed by atoms with van der Waals surface area (Å²) >= 11 is 1.26. The van der Waals surface area contributed by atoms with E-state index in [4.69, 9.17) is 0 Å². The summed E-state index contributed by atoms with van der Waals surface area (Å²) in [5.74, 6) is -1.25. The highest BCUT2D eigenvalue weighted by Gasteiger charge is 2.20. The van der Waals surface area contributed by atoms with Crippen molar-refractivity contribution >= 4 is 32.2 Å². The molecule has 6 nitrogen and oxygen atoms in total. The molecular weight excluding hydrogens is 382 g/mol. The van der Waals surface area contributed by atoms with Crippen molar-refractivity contribution in [1.29, 1.82) is 0 Å². The van der Waals surface area contributed by atoms with E-state index >= 15 is 0 Å². The average Bonchev–Trinajstić information content (AvgIpc) is 3.08. The first-order valence-corrected chi connectivity index (χ1v) is 10.8. The molecule has 0 bridgehead atoms. The zero-order valence-corrected chi connectivity index (χ0v) is 16.4. The molecule has 0 aliphatic rings. The Hall–Kier alpha value is -2.58. The number of nitrogens with one attached hydrogen (secondary N) is 1. The van der Waals surface area contributed by atoms with Crippen LogP contribution in [-0.4, -0.2) is 30.3 Å². The lowest BCUT2D eigenvalue weighted by Gasteiger charge is -2.04. The molecule has 0 fully saturated rings. The molecule has 1 N–H and O–H groups in total. The van der Waals surface area contributed by atoms with Crippen LogP contribution < -0.4 is 5.32 Å². The Kier molecular flexibility index (Phi) is 5.98. The van der Waals surface area contributed by atoms with Gasteiger partial charge in [0.25, 0.3) is 0 Å². The third-order valence-corrected chi connectivity index (χ3v) is 6.42. The summed E-state index contributed by atoms with van der Waals surface area (Å²) in [5.41, 5.74) is 2.15. The van der Waals surface area contributed by atoms with Crippen molar-refractivity contribution in [2.45, 2.75) is 24.7 Å². The second-order valence-corrected chi connectivity index (χ2v) is 9.16. The molecule has 1 amide bonds. The molecule has 0 atom stereocenters. The van der Waals surface area contributed by atoms with Gasteiger partial charge in [-0.3, -0.25) is 10.1 Å². The number of carbonyl (C=O) groups is 1. The van der Waals surface area contributed by atoms with Crippen LogP contribution in [-0.2, 0) is 27.5 Å². The number of aromatic nitrogens is 2. The largest absolute Gasteiger partial charge is 0.300 e. The van der Waals surface area contributed by atoms with Gasteiger partial charge in [0.2, 0.25) is 11.0 Å². The molecule has 1 aromatic heterocycles. The zero-order chi connectivity index (χ0) is 19.3. The first-order chi connectivity index (χ1) is 12.9. The highest BCUT2D eigenvalue weighted by atomic mass is 32.2. The Balaban J connectivity index is 1.56. The Bertz CT molecular complexity index is 1010.